The highest BCUT2D eigenvalue weighted by Crippen LogP contribution is 2.64. The second-order valence-corrected chi connectivity index (χ2v) is 9.28. The number of nitrogens with zero attached hydrogens (tertiary/aromatic N) is 1. The molecule has 0 saturated carbocycles. The zero-order valence-electron chi connectivity index (χ0n) is 16.1. The van der Waals surface area contributed by atoms with E-state index in [-0.39, 0.29) is 17.7 Å². The van der Waals surface area contributed by atoms with Crippen molar-refractivity contribution in [3.8, 4) is 0 Å². The molecule has 2 atom stereocenters. The van der Waals surface area contributed by atoms with E-state index in [4.69, 9.17) is 23.2 Å². The maximum atomic E-state index is 13.8. The van der Waals surface area contributed by atoms with E-state index in [9.17, 15) is 9.59 Å². The first-order chi connectivity index (χ1) is 14.4. The second kappa shape index (κ2) is 5.96. The number of hydrogen-bond acceptors (Lipinski definition) is 2. The summed E-state index contributed by atoms with van der Waals surface area (Å²) in [5.41, 5.74) is 4.50. The lowest BCUT2D eigenvalue weighted by atomic mass is 9.48. The lowest BCUT2D eigenvalue weighted by Gasteiger charge is -2.52. The Bertz CT molecular complexity index is 1220. The number of carbonyl (C=O) groups excluding carboxylic acids is 2. The molecule has 5 heteroatoms. The van der Waals surface area contributed by atoms with Crippen LogP contribution in [0.25, 0.3) is 0 Å². The quantitative estimate of drug-likeness (QED) is 0.470. The first kappa shape index (κ1) is 18.2. The van der Waals surface area contributed by atoms with Crippen LogP contribution >= 0.6 is 23.2 Å². The fourth-order valence-corrected chi connectivity index (χ4v) is 6.32. The van der Waals surface area contributed by atoms with E-state index in [0.29, 0.717) is 15.7 Å². The van der Waals surface area contributed by atoms with Crippen LogP contribution in [0.5, 0.6) is 0 Å². The van der Waals surface area contributed by atoms with E-state index < -0.39 is 17.3 Å². The highest BCUT2D eigenvalue weighted by atomic mass is 35.5. The lowest BCUT2D eigenvalue weighted by Crippen LogP contribution is -2.51. The topological polar surface area (TPSA) is 37.4 Å². The van der Waals surface area contributed by atoms with Gasteiger partial charge in [0.2, 0.25) is 11.8 Å². The van der Waals surface area contributed by atoms with Gasteiger partial charge in [0, 0.05) is 11.3 Å². The minimum Gasteiger partial charge on any atom is -0.274 e. The van der Waals surface area contributed by atoms with Crippen LogP contribution in [-0.2, 0) is 15.0 Å². The molecular formula is C25H17Cl2NO2. The fourth-order valence-electron chi connectivity index (χ4n) is 6.03. The Morgan fingerprint density at radius 2 is 1.40 bits per heavy atom. The standard InChI is InChI=1S/C25H17Cl2NO2/c1-25-16-8-4-2-6-14(16)20(15-7-3-5-9-17(15)25)21-22(25)24(30)28(23(21)29)13-10-11-18(26)19(27)12-13/h2-12,20-22H,1H3/t20?,21-,22-,25?/m1/s1. The zero-order chi connectivity index (χ0) is 20.8. The Balaban J connectivity index is 1.60. The van der Waals surface area contributed by atoms with Gasteiger partial charge in [-0.2, -0.15) is 0 Å². The molecule has 3 aromatic rings. The second-order valence-electron chi connectivity index (χ2n) is 8.47. The highest BCUT2D eigenvalue weighted by Gasteiger charge is 2.66. The molecule has 0 spiro atoms. The van der Waals surface area contributed by atoms with Gasteiger partial charge >= 0.3 is 0 Å². The number of carbonyl (C=O) groups is 2. The van der Waals surface area contributed by atoms with E-state index in [1.54, 1.807) is 18.2 Å². The maximum absolute atomic E-state index is 13.8. The predicted molar refractivity (Wildman–Crippen MR) is 117 cm³/mol. The summed E-state index contributed by atoms with van der Waals surface area (Å²) in [6, 6.07) is 21.4. The molecule has 2 bridgehead atoms. The van der Waals surface area contributed by atoms with Crippen molar-refractivity contribution >= 4 is 40.7 Å². The number of anilines is 1. The van der Waals surface area contributed by atoms with Crippen molar-refractivity contribution < 1.29 is 9.59 Å². The average Bonchev–Trinajstić information content (AvgIpc) is 3.02. The third-order valence-corrected chi connectivity index (χ3v) is 7.94. The molecule has 3 aliphatic carbocycles. The molecule has 1 fully saturated rings. The van der Waals surface area contributed by atoms with Gasteiger partial charge < -0.3 is 0 Å². The number of benzene rings is 3. The number of hydrogen-bond donors (Lipinski definition) is 0. The van der Waals surface area contributed by atoms with Crippen LogP contribution in [0.2, 0.25) is 10.0 Å². The van der Waals surface area contributed by atoms with Gasteiger partial charge in [0.1, 0.15) is 0 Å². The molecule has 1 heterocycles. The molecule has 148 valence electrons. The molecule has 0 aromatic heterocycles. The SMILES string of the molecule is CC12c3ccccc3C(c3ccccc31)[C@H]1C(=O)N(c3ccc(Cl)c(Cl)c3)C(=O)[C@@H]12. The minimum absolute atomic E-state index is 0.131. The molecule has 3 nitrogen and oxygen atoms in total. The zero-order valence-corrected chi connectivity index (χ0v) is 17.6. The van der Waals surface area contributed by atoms with Gasteiger partial charge in [-0.1, -0.05) is 78.7 Å². The molecule has 3 aromatic carbocycles. The van der Waals surface area contributed by atoms with E-state index in [0.717, 1.165) is 22.3 Å². The van der Waals surface area contributed by atoms with E-state index in [2.05, 4.69) is 31.2 Å². The monoisotopic (exact) mass is 433 g/mol. The van der Waals surface area contributed by atoms with Gasteiger partial charge in [-0.3, -0.25) is 9.59 Å². The summed E-state index contributed by atoms with van der Waals surface area (Å²) >= 11 is 12.3. The highest BCUT2D eigenvalue weighted by molar-refractivity contribution is 6.42. The Morgan fingerprint density at radius 3 is 2.00 bits per heavy atom. The molecule has 0 unspecified atom stereocenters. The third kappa shape index (κ3) is 2.02. The van der Waals surface area contributed by atoms with Crippen LogP contribution in [0, 0.1) is 11.8 Å². The van der Waals surface area contributed by atoms with Crippen molar-refractivity contribution in [2.24, 2.45) is 11.8 Å². The summed E-state index contributed by atoms with van der Waals surface area (Å²) < 4.78 is 0. The number of amides is 2. The lowest BCUT2D eigenvalue weighted by molar-refractivity contribution is -0.123. The van der Waals surface area contributed by atoms with Gasteiger partial charge in [0.25, 0.3) is 0 Å². The molecule has 1 aliphatic heterocycles. The van der Waals surface area contributed by atoms with Crippen molar-refractivity contribution in [3.63, 3.8) is 0 Å². The van der Waals surface area contributed by atoms with E-state index >= 15 is 0 Å². The van der Waals surface area contributed by atoms with Crippen molar-refractivity contribution in [1.82, 2.24) is 0 Å². The van der Waals surface area contributed by atoms with Crippen molar-refractivity contribution in [1.29, 1.82) is 0 Å². The summed E-state index contributed by atoms with van der Waals surface area (Å²) in [6.45, 7) is 2.11. The fraction of sp³-hybridized carbons (Fsp3) is 0.200. The molecule has 2 amide bonds. The first-order valence-electron chi connectivity index (χ1n) is 9.96. The summed E-state index contributed by atoms with van der Waals surface area (Å²) in [6.07, 6.45) is 0. The van der Waals surface area contributed by atoms with Crippen LogP contribution in [0.15, 0.2) is 66.7 Å². The first-order valence-corrected chi connectivity index (χ1v) is 10.7. The van der Waals surface area contributed by atoms with Gasteiger partial charge in [-0.05, 0) is 40.5 Å². The summed E-state index contributed by atoms with van der Waals surface area (Å²) in [5.74, 6) is -1.34. The molecular weight excluding hydrogens is 417 g/mol. The Labute approximate surface area is 184 Å². The molecule has 7 rings (SSSR count). The number of rotatable bonds is 1. The van der Waals surface area contributed by atoms with Gasteiger partial charge in [-0.25, -0.2) is 4.90 Å². The Hall–Kier alpha value is -2.62. The summed E-state index contributed by atoms with van der Waals surface area (Å²) in [7, 11) is 0. The van der Waals surface area contributed by atoms with Crippen molar-refractivity contribution in [3.05, 3.63) is 99.0 Å². The third-order valence-electron chi connectivity index (χ3n) is 7.20. The van der Waals surface area contributed by atoms with Crippen LogP contribution in [-0.4, -0.2) is 11.8 Å². The van der Waals surface area contributed by atoms with Gasteiger partial charge in [-0.15, -0.1) is 0 Å². The van der Waals surface area contributed by atoms with Crippen molar-refractivity contribution in [2.75, 3.05) is 4.90 Å². The number of halogens is 2. The van der Waals surface area contributed by atoms with Crippen LogP contribution in [0.3, 0.4) is 0 Å². The predicted octanol–water partition coefficient (Wildman–Crippen LogP) is 5.56. The van der Waals surface area contributed by atoms with Crippen LogP contribution < -0.4 is 4.90 Å². The molecule has 4 aliphatic rings. The van der Waals surface area contributed by atoms with E-state index in [1.165, 1.54) is 4.90 Å². The molecule has 0 radical (unpaired) electrons. The summed E-state index contributed by atoms with van der Waals surface area (Å²) in [4.78, 5) is 28.8. The van der Waals surface area contributed by atoms with Crippen molar-refractivity contribution in [2.45, 2.75) is 18.3 Å². The van der Waals surface area contributed by atoms with E-state index in [1.807, 2.05) is 24.3 Å². The normalized spacial score (nSPS) is 28.4. The smallest absolute Gasteiger partial charge is 0.238 e. The average molecular weight is 434 g/mol. The maximum Gasteiger partial charge on any atom is 0.238 e. The molecule has 30 heavy (non-hydrogen) atoms. The van der Waals surface area contributed by atoms with Gasteiger partial charge in [0.15, 0.2) is 0 Å². The Kier molecular flexibility index (Phi) is 3.61. The van der Waals surface area contributed by atoms with Crippen LogP contribution in [0.1, 0.15) is 35.1 Å². The molecule has 1 saturated heterocycles. The van der Waals surface area contributed by atoms with Crippen LogP contribution in [0.4, 0.5) is 5.69 Å². The van der Waals surface area contributed by atoms with Gasteiger partial charge in [0.05, 0.1) is 27.6 Å². The largest absolute Gasteiger partial charge is 0.274 e. The Morgan fingerprint density at radius 1 is 0.800 bits per heavy atom. The number of imide groups is 1. The minimum atomic E-state index is -0.565. The summed E-state index contributed by atoms with van der Waals surface area (Å²) in [5, 5.41) is 0.717. The molecule has 0 N–H and O–H groups in total.